The number of nitriles is 1. The molecule has 0 radical (unpaired) electrons. The van der Waals surface area contributed by atoms with Crippen LogP contribution in [0.15, 0.2) is 42.5 Å². The van der Waals surface area contributed by atoms with Gasteiger partial charge in [0.15, 0.2) is 0 Å². The maximum atomic E-state index is 9.41. The molecule has 0 aliphatic carbocycles. The second-order valence-electron chi connectivity index (χ2n) is 4.28. The quantitative estimate of drug-likeness (QED) is 0.442. The molecule has 0 heterocycles. The van der Waals surface area contributed by atoms with E-state index >= 15 is 0 Å². The van der Waals surface area contributed by atoms with Crippen LogP contribution >= 0.6 is 22.6 Å². The zero-order chi connectivity index (χ0) is 15.2. The van der Waals surface area contributed by atoms with Crippen molar-refractivity contribution in [2.24, 2.45) is 0 Å². The van der Waals surface area contributed by atoms with Gasteiger partial charge in [-0.05, 0) is 64.6 Å². The van der Waals surface area contributed by atoms with Crippen molar-refractivity contribution < 1.29 is 9.47 Å². The topological polar surface area (TPSA) is 42.2 Å². The van der Waals surface area contributed by atoms with Gasteiger partial charge >= 0.3 is 0 Å². The Morgan fingerprint density at radius 1 is 1.10 bits per heavy atom. The maximum Gasteiger partial charge on any atom is 0.126 e. The Bertz CT molecular complexity index is 700. The average molecular weight is 391 g/mol. The second kappa shape index (κ2) is 7.14. The molecule has 0 saturated heterocycles. The first-order valence-electron chi connectivity index (χ1n) is 6.27. The van der Waals surface area contributed by atoms with Gasteiger partial charge in [-0.25, -0.2) is 0 Å². The Labute approximate surface area is 138 Å². The zero-order valence-corrected chi connectivity index (χ0v) is 13.9. The predicted molar refractivity (Wildman–Crippen MR) is 92.2 cm³/mol. The molecule has 0 saturated carbocycles. The van der Waals surface area contributed by atoms with Gasteiger partial charge in [0.25, 0.3) is 0 Å². The Kier molecular flexibility index (Phi) is 5.23. The minimum absolute atomic E-state index is 0.581. The summed E-state index contributed by atoms with van der Waals surface area (Å²) in [6, 6.07) is 15.6. The summed E-state index contributed by atoms with van der Waals surface area (Å²) in [6.45, 7) is 0. The average Bonchev–Trinajstić information content (AvgIpc) is 2.53. The summed E-state index contributed by atoms with van der Waals surface area (Å²) in [4.78, 5) is 0. The molecule has 0 bridgehead atoms. The Morgan fingerprint density at radius 3 is 2.38 bits per heavy atom. The standard InChI is InChI=1S/C17H14INO2/c1-20-16-7-8-17(21-2)13(10-16)9-14(11-19)12-3-5-15(18)6-4-12/h3-10H,1-2H3/b14-9-. The largest absolute Gasteiger partial charge is 0.497 e. The monoisotopic (exact) mass is 391 g/mol. The lowest BCUT2D eigenvalue weighted by Gasteiger charge is -2.08. The van der Waals surface area contributed by atoms with Crippen LogP contribution in [0, 0.1) is 14.9 Å². The highest BCUT2D eigenvalue weighted by Crippen LogP contribution is 2.28. The minimum Gasteiger partial charge on any atom is -0.497 e. The summed E-state index contributed by atoms with van der Waals surface area (Å²) in [5.74, 6) is 1.43. The van der Waals surface area contributed by atoms with E-state index < -0.39 is 0 Å². The molecule has 21 heavy (non-hydrogen) atoms. The van der Waals surface area contributed by atoms with Crippen LogP contribution in [-0.2, 0) is 0 Å². The highest BCUT2D eigenvalue weighted by Gasteiger charge is 2.06. The van der Waals surface area contributed by atoms with E-state index in [1.165, 1.54) is 0 Å². The molecule has 2 rings (SSSR count). The van der Waals surface area contributed by atoms with Crippen LogP contribution in [-0.4, -0.2) is 14.2 Å². The fourth-order valence-corrected chi connectivity index (χ4v) is 2.28. The van der Waals surface area contributed by atoms with Crippen molar-refractivity contribution in [1.82, 2.24) is 0 Å². The molecule has 3 nitrogen and oxygen atoms in total. The first-order valence-corrected chi connectivity index (χ1v) is 7.35. The maximum absolute atomic E-state index is 9.41. The highest BCUT2D eigenvalue weighted by atomic mass is 127. The number of ether oxygens (including phenoxy) is 2. The zero-order valence-electron chi connectivity index (χ0n) is 11.8. The molecule has 0 unspecified atom stereocenters. The van der Waals surface area contributed by atoms with Crippen LogP contribution in [0.1, 0.15) is 11.1 Å². The highest BCUT2D eigenvalue weighted by molar-refractivity contribution is 14.1. The van der Waals surface area contributed by atoms with E-state index in [0.717, 1.165) is 20.4 Å². The summed E-state index contributed by atoms with van der Waals surface area (Å²) >= 11 is 2.24. The van der Waals surface area contributed by atoms with Crippen molar-refractivity contribution in [1.29, 1.82) is 5.26 Å². The van der Waals surface area contributed by atoms with Crippen molar-refractivity contribution in [2.45, 2.75) is 0 Å². The number of benzene rings is 2. The summed E-state index contributed by atoms with van der Waals surface area (Å²) in [7, 11) is 3.22. The number of rotatable bonds is 4. The van der Waals surface area contributed by atoms with Crippen molar-refractivity contribution in [3.05, 3.63) is 57.2 Å². The third kappa shape index (κ3) is 3.76. The smallest absolute Gasteiger partial charge is 0.126 e. The normalized spacial score (nSPS) is 10.9. The first-order chi connectivity index (χ1) is 10.2. The number of halogens is 1. The number of hydrogen-bond acceptors (Lipinski definition) is 3. The van der Waals surface area contributed by atoms with Crippen molar-refractivity contribution in [3.63, 3.8) is 0 Å². The summed E-state index contributed by atoms with van der Waals surface area (Å²) in [5, 5.41) is 9.41. The summed E-state index contributed by atoms with van der Waals surface area (Å²) in [5.41, 5.74) is 2.27. The summed E-state index contributed by atoms with van der Waals surface area (Å²) in [6.07, 6.45) is 1.81. The van der Waals surface area contributed by atoms with Gasteiger partial charge in [-0.3, -0.25) is 0 Å². The lowest BCUT2D eigenvalue weighted by Crippen LogP contribution is -1.90. The number of allylic oxidation sites excluding steroid dienone is 1. The van der Waals surface area contributed by atoms with Gasteiger partial charge in [0.2, 0.25) is 0 Å². The van der Waals surface area contributed by atoms with Gasteiger partial charge in [-0.15, -0.1) is 0 Å². The van der Waals surface area contributed by atoms with Crippen LogP contribution in [0.25, 0.3) is 11.6 Å². The van der Waals surface area contributed by atoms with E-state index in [1.54, 1.807) is 14.2 Å². The second-order valence-corrected chi connectivity index (χ2v) is 5.53. The number of methoxy groups -OCH3 is 2. The van der Waals surface area contributed by atoms with Gasteiger partial charge in [0.1, 0.15) is 11.5 Å². The van der Waals surface area contributed by atoms with E-state index in [0.29, 0.717) is 11.3 Å². The molecule has 0 fully saturated rings. The van der Waals surface area contributed by atoms with Crippen LogP contribution in [0.4, 0.5) is 0 Å². The van der Waals surface area contributed by atoms with Gasteiger partial charge in [-0.1, -0.05) is 12.1 Å². The third-order valence-electron chi connectivity index (χ3n) is 3.01. The van der Waals surface area contributed by atoms with E-state index in [1.807, 2.05) is 48.5 Å². The van der Waals surface area contributed by atoms with Crippen LogP contribution in [0.2, 0.25) is 0 Å². The van der Waals surface area contributed by atoms with Gasteiger partial charge in [0, 0.05) is 9.13 Å². The number of hydrogen-bond donors (Lipinski definition) is 0. The van der Waals surface area contributed by atoms with Crippen LogP contribution in [0.5, 0.6) is 11.5 Å². The lowest BCUT2D eigenvalue weighted by molar-refractivity contribution is 0.402. The van der Waals surface area contributed by atoms with Gasteiger partial charge < -0.3 is 9.47 Å². The minimum atomic E-state index is 0.581. The van der Waals surface area contributed by atoms with Crippen molar-refractivity contribution in [2.75, 3.05) is 14.2 Å². The molecule has 0 atom stereocenters. The molecular weight excluding hydrogens is 377 g/mol. The Hall–Kier alpha value is -2.00. The lowest BCUT2D eigenvalue weighted by atomic mass is 10.0. The molecule has 2 aromatic carbocycles. The third-order valence-corrected chi connectivity index (χ3v) is 3.73. The molecule has 0 spiro atoms. The molecule has 0 aromatic heterocycles. The van der Waals surface area contributed by atoms with Gasteiger partial charge in [-0.2, -0.15) is 5.26 Å². The predicted octanol–water partition coefficient (Wildman–Crippen LogP) is 4.37. The molecule has 106 valence electrons. The molecule has 2 aromatic rings. The molecule has 0 amide bonds. The molecule has 4 heteroatoms. The molecular formula is C17H14INO2. The van der Waals surface area contributed by atoms with Crippen LogP contribution in [0.3, 0.4) is 0 Å². The summed E-state index contributed by atoms with van der Waals surface area (Å²) < 4.78 is 11.7. The van der Waals surface area contributed by atoms with E-state index in [-0.39, 0.29) is 0 Å². The van der Waals surface area contributed by atoms with E-state index in [9.17, 15) is 5.26 Å². The molecule has 0 aliphatic heterocycles. The Balaban J connectivity index is 2.49. The fraction of sp³-hybridized carbons (Fsp3) is 0.118. The Morgan fingerprint density at radius 2 is 1.81 bits per heavy atom. The van der Waals surface area contributed by atoms with Gasteiger partial charge in [0.05, 0.1) is 25.9 Å². The van der Waals surface area contributed by atoms with Crippen molar-refractivity contribution in [3.8, 4) is 17.6 Å². The molecule has 0 aliphatic rings. The molecule has 0 N–H and O–H groups in total. The SMILES string of the molecule is COc1ccc(OC)c(/C=C(/C#N)c2ccc(I)cc2)c1. The van der Waals surface area contributed by atoms with Crippen LogP contribution < -0.4 is 9.47 Å². The van der Waals surface area contributed by atoms with E-state index in [4.69, 9.17) is 9.47 Å². The van der Waals surface area contributed by atoms with E-state index in [2.05, 4.69) is 28.7 Å². The fourth-order valence-electron chi connectivity index (χ4n) is 1.92. The first kappa shape index (κ1) is 15.4. The number of nitrogens with zero attached hydrogens (tertiary/aromatic N) is 1. The van der Waals surface area contributed by atoms with Crippen molar-refractivity contribution >= 4 is 34.2 Å².